The van der Waals surface area contributed by atoms with Crippen molar-refractivity contribution in [3.05, 3.63) is 35.4 Å². The number of likely N-dealkylation sites (tertiary alicyclic amines) is 1. The Balaban J connectivity index is 0.00000338. The van der Waals surface area contributed by atoms with E-state index in [9.17, 15) is 9.59 Å². The summed E-state index contributed by atoms with van der Waals surface area (Å²) in [5.41, 5.74) is 12.9. The Hall–Kier alpha value is -2.12. The molecule has 1 fully saturated rings. The molecule has 7 nitrogen and oxygen atoms in total. The molecule has 1 aromatic carbocycles. The summed E-state index contributed by atoms with van der Waals surface area (Å²) < 4.78 is 0. The number of benzene rings is 1. The van der Waals surface area contributed by atoms with E-state index in [0.717, 1.165) is 12.0 Å². The summed E-state index contributed by atoms with van der Waals surface area (Å²) in [4.78, 5) is 26.6. The lowest BCUT2D eigenvalue weighted by Crippen LogP contribution is -2.52. The van der Waals surface area contributed by atoms with Gasteiger partial charge in [-0.3, -0.25) is 15.0 Å². The molecular formula is C18H28ClN5O2. The fraction of sp³-hybridized carbons (Fsp3) is 0.500. The van der Waals surface area contributed by atoms with Crippen LogP contribution in [0.25, 0.3) is 0 Å². The molecular weight excluding hydrogens is 354 g/mol. The van der Waals surface area contributed by atoms with Gasteiger partial charge in [0, 0.05) is 18.7 Å². The Labute approximate surface area is 160 Å². The lowest BCUT2D eigenvalue weighted by Gasteiger charge is -2.28. The maximum Gasteiger partial charge on any atom is 0.243 e. The van der Waals surface area contributed by atoms with E-state index < -0.39 is 12.1 Å². The first-order valence-electron chi connectivity index (χ1n) is 8.58. The van der Waals surface area contributed by atoms with E-state index in [0.29, 0.717) is 25.1 Å². The molecule has 2 amide bonds. The highest BCUT2D eigenvalue weighted by atomic mass is 35.5. The number of nitrogens with one attached hydrogen (secondary N) is 2. The van der Waals surface area contributed by atoms with Gasteiger partial charge in [0.05, 0.1) is 6.04 Å². The number of nitrogens with zero attached hydrogens (tertiary/aromatic N) is 1. The third-order valence-electron chi connectivity index (χ3n) is 4.57. The second kappa shape index (κ2) is 9.54. The minimum absolute atomic E-state index is 0. The predicted molar refractivity (Wildman–Crippen MR) is 104 cm³/mol. The minimum Gasteiger partial charge on any atom is -0.384 e. The Kier molecular flexibility index (Phi) is 8.05. The topological polar surface area (TPSA) is 125 Å². The number of nitrogens with two attached hydrogens (primary N) is 2. The first kappa shape index (κ1) is 21.9. The lowest BCUT2D eigenvalue weighted by molar-refractivity contribution is -0.140. The summed E-state index contributed by atoms with van der Waals surface area (Å²) in [6.07, 6.45) is 1.47. The zero-order valence-electron chi connectivity index (χ0n) is 15.2. The number of amidine groups is 1. The molecule has 0 saturated carbocycles. The molecule has 26 heavy (non-hydrogen) atoms. The number of amides is 2. The summed E-state index contributed by atoms with van der Waals surface area (Å²) >= 11 is 0. The van der Waals surface area contributed by atoms with E-state index in [1.807, 2.05) is 26.0 Å². The molecule has 1 heterocycles. The van der Waals surface area contributed by atoms with E-state index in [-0.39, 0.29) is 36.0 Å². The van der Waals surface area contributed by atoms with E-state index in [2.05, 4.69) is 5.32 Å². The first-order chi connectivity index (χ1) is 11.8. The summed E-state index contributed by atoms with van der Waals surface area (Å²) in [5.74, 6) is -0.260. The van der Waals surface area contributed by atoms with Gasteiger partial charge in [0.15, 0.2) is 0 Å². The van der Waals surface area contributed by atoms with Gasteiger partial charge in [0.1, 0.15) is 11.9 Å². The SMILES string of the molecule is CC(C)[C@@H](N)C(=O)N1CCC[C@H]1C(=O)NCc1ccc(C(=N)N)cc1.Cl. The first-order valence-corrected chi connectivity index (χ1v) is 8.58. The molecule has 8 heteroatoms. The maximum absolute atomic E-state index is 12.5. The van der Waals surface area contributed by atoms with E-state index in [1.165, 1.54) is 0 Å². The van der Waals surface area contributed by atoms with Gasteiger partial charge in [-0.2, -0.15) is 0 Å². The summed E-state index contributed by atoms with van der Waals surface area (Å²) in [6, 6.07) is 6.11. The summed E-state index contributed by atoms with van der Waals surface area (Å²) in [7, 11) is 0. The van der Waals surface area contributed by atoms with Gasteiger partial charge in [0.25, 0.3) is 0 Å². The molecule has 1 aliphatic heterocycles. The van der Waals surface area contributed by atoms with E-state index in [4.69, 9.17) is 16.9 Å². The number of halogens is 1. The summed E-state index contributed by atoms with van der Waals surface area (Å²) in [5, 5.41) is 10.3. The number of carbonyl (C=O) groups excluding carboxylic acids is 2. The highest BCUT2D eigenvalue weighted by molar-refractivity contribution is 5.95. The lowest BCUT2D eigenvalue weighted by atomic mass is 10.0. The quantitative estimate of drug-likeness (QED) is 0.433. The molecule has 0 bridgehead atoms. The van der Waals surface area contributed by atoms with Crippen LogP contribution >= 0.6 is 12.4 Å². The van der Waals surface area contributed by atoms with Crippen LogP contribution in [0.4, 0.5) is 0 Å². The third kappa shape index (κ3) is 5.19. The third-order valence-corrected chi connectivity index (χ3v) is 4.57. The van der Waals surface area contributed by atoms with Gasteiger partial charge in [0.2, 0.25) is 11.8 Å². The number of hydrogen-bond acceptors (Lipinski definition) is 4. The van der Waals surface area contributed by atoms with Crippen LogP contribution in [0, 0.1) is 11.3 Å². The average molecular weight is 382 g/mol. The minimum atomic E-state index is -0.576. The van der Waals surface area contributed by atoms with Gasteiger partial charge in [-0.05, 0) is 24.3 Å². The van der Waals surface area contributed by atoms with Gasteiger partial charge >= 0.3 is 0 Å². The average Bonchev–Trinajstić information content (AvgIpc) is 3.08. The monoisotopic (exact) mass is 381 g/mol. The molecule has 1 aromatic rings. The smallest absolute Gasteiger partial charge is 0.243 e. The van der Waals surface area contributed by atoms with Crippen molar-refractivity contribution in [2.75, 3.05) is 6.54 Å². The fourth-order valence-electron chi connectivity index (χ4n) is 2.89. The van der Waals surface area contributed by atoms with E-state index in [1.54, 1.807) is 17.0 Å². The van der Waals surface area contributed by atoms with E-state index >= 15 is 0 Å². The normalized spacial score (nSPS) is 17.5. The van der Waals surface area contributed by atoms with Crippen molar-refractivity contribution >= 4 is 30.1 Å². The Morgan fingerprint density at radius 3 is 2.46 bits per heavy atom. The molecule has 0 unspecified atom stereocenters. The zero-order chi connectivity index (χ0) is 18.6. The van der Waals surface area contributed by atoms with Crippen molar-refractivity contribution in [3.63, 3.8) is 0 Å². The molecule has 2 rings (SSSR count). The largest absolute Gasteiger partial charge is 0.384 e. The molecule has 0 aliphatic carbocycles. The molecule has 0 spiro atoms. The number of carbonyl (C=O) groups is 2. The second-order valence-electron chi connectivity index (χ2n) is 6.79. The van der Waals surface area contributed by atoms with Crippen LogP contribution in [0.3, 0.4) is 0 Å². The molecule has 0 aromatic heterocycles. The molecule has 0 radical (unpaired) electrons. The highest BCUT2D eigenvalue weighted by Crippen LogP contribution is 2.20. The van der Waals surface area contributed by atoms with Gasteiger partial charge in [-0.15, -0.1) is 12.4 Å². The van der Waals surface area contributed by atoms with Gasteiger partial charge in [-0.1, -0.05) is 38.1 Å². The van der Waals surface area contributed by atoms with Crippen LogP contribution < -0.4 is 16.8 Å². The van der Waals surface area contributed by atoms with Gasteiger partial charge in [-0.25, -0.2) is 0 Å². The molecule has 1 aliphatic rings. The standard InChI is InChI=1S/C18H27N5O2.ClH/c1-11(2)15(19)18(25)23-9-3-4-14(23)17(24)22-10-12-5-7-13(8-6-12)16(20)21;/h5-8,11,14-15H,3-4,9-10,19H2,1-2H3,(H3,20,21)(H,22,24);1H/t14-,15+;/m0./s1. The van der Waals surface area contributed by atoms with Crippen LogP contribution in [0.2, 0.25) is 0 Å². The van der Waals surface area contributed by atoms with Crippen LogP contribution in [0.5, 0.6) is 0 Å². The van der Waals surface area contributed by atoms with Crippen molar-refractivity contribution < 1.29 is 9.59 Å². The molecule has 1 saturated heterocycles. The van der Waals surface area contributed by atoms with Crippen LogP contribution in [0.15, 0.2) is 24.3 Å². The number of rotatable bonds is 6. The van der Waals surface area contributed by atoms with Crippen molar-refractivity contribution in [2.45, 2.75) is 45.3 Å². The Morgan fingerprint density at radius 1 is 1.31 bits per heavy atom. The van der Waals surface area contributed by atoms with Crippen molar-refractivity contribution in [1.29, 1.82) is 5.41 Å². The van der Waals surface area contributed by atoms with Crippen LogP contribution in [-0.4, -0.2) is 41.2 Å². The van der Waals surface area contributed by atoms with Crippen LogP contribution in [0.1, 0.15) is 37.8 Å². The van der Waals surface area contributed by atoms with Crippen LogP contribution in [-0.2, 0) is 16.1 Å². The molecule has 6 N–H and O–H groups in total. The van der Waals surface area contributed by atoms with Crippen molar-refractivity contribution in [3.8, 4) is 0 Å². The van der Waals surface area contributed by atoms with Gasteiger partial charge < -0.3 is 21.7 Å². The maximum atomic E-state index is 12.5. The Bertz CT molecular complexity index is 647. The Morgan fingerprint density at radius 2 is 1.92 bits per heavy atom. The number of nitrogen functional groups attached to an aromatic ring is 1. The molecule has 144 valence electrons. The predicted octanol–water partition coefficient (Wildman–Crippen LogP) is 0.983. The van der Waals surface area contributed by atoms with Crippen molar-refractivity contribution in [1.82, 2.24) is 10.2 Å². The number of hydrogen-bond donors (Lipinski definition) is 4. The second-order valence-corrected chi connectivity index (χ2v) is 6.79. The molecule has 2 atom stereocenters. The zero-order valence-corrected chi connectivity index (χ0v) is 16.0. The van der Waals surface area contributed by atoms with Crippen molar-refractivity contribution in [2.24, 2.45) is 17.4 Å². The summed E-state index contributed by atoms with van der Waals surface area (Å²) in [6.45, 7) is 4.74. The fourth-order valence-corrected chi connectivity index (χ4v) is 2.89. The highest BCUT2D eigenvalue weighted by Gasteiger charge is 2.36.